The first-order chi connectivity index (χ1) is 13.9. The number of esters is 1. The number of hydrogen-bond acceptors (Lipinski definition) is 4. The summed E-state index contributed by atoms with van der Waals surface area (Å²) in [5.74, 6) is -0.773. The van der Waals surface area contributed by atoms with Crippen LogP contribution in [-0.4, -0.2) is 24.0 Å². The molecule has 150 valence electrons. The van der Waals surface area contributed by atoms with Gasteiger partial charge in [-0.25, -0.2) is 4.79 Å². The van der Waals surface area contributed by atoms with Gasteiger partial charge in [-0.15, -0.1) is 0 Å². The number of benzene rings is 2. The number of ether oxygens (including phenoxy) is 2. The van der Waals surface area contributed by atoms with Crippen LogP contribution >= 0.6 is 34.8 Å². The van der Waals surface area contributed by atoms with Crippen molar-refractivity contribution >= 4 is 52.1 Å². The predicted octanol–water partition coefficient (Wildman–Crippen LogP) is 5.98. The minimum Gasteiger partial charge on any atom is -0.496 e. The Morgan fingerprint density at radius 3 is 2.59 bits per heavy atom. The molecule has 0 N–H and O–H groups in total. The van der Waals surface area contributed by atoms with E-state index in [1.165, 1.54) is 18.4 Å². The molecule has 0 bridgehead atoms. The Balaban J connectivity index is 1.45. The predicted molar refractivity (Wildman–Crippen MR) is 112 cm³/mol. The number of rotatable bonds is 3. The summed E-state index contributed by atoms with van der Waals surface area (Å²) in [6.07, 6.45) is 2.38. The first kappa shape index (κ1) is 20.3. The standard InChI is InChI=1S/C22H17Cl3O4/c23-12-5-7-15(19(25)9-12)22(27)29-13-6-8-16-20(10-13)28-11-17(21(16)26)14-3-1-2-4-18(14)24/h1-5,7,9,11,13,16,20H,6,8,10H2. The van der Waals surface area contributed by atoms with Gasteiger partial charge in [0.15, 0.2) is 5.78 Å². The van der Waals surface area contributed by atoms with Crippen LogP contribution in [0.4, 0.5) is 0 Å². The minimum absolute atomic E-state index is 0.0138. The molecule has 2 aliphatic rings. The van der Waals surface area contributed by atoms with E-state index in [0.29, 0.717) is 40.4 Å². The number of ketones is 1. The van der Waals surface area contributed by atoms with Gasteiger partial charge < -0.3 is 9.47 Å². The Labute approximate surface area is 183 Å². The molecule has 1 aliphatic carbocycles. The number of Topliss-reactive ketones (excluding diaryl/α,β-unsaturated/α-hetero) is 1. The molecule has 0 spiro atoms. The number of carbonyl (C=O) groups excluding carboxylic acids is 2. The van der Waals surface area contributed by atoms with Crippen LogP contribution in [0.25, 0.3) is 5.57 Å². The van der Waals surface area contributed by atoms with Gasteiger partial charge in [0.2, 0.25) is 0 Å². The zero-order valence-electron chi connectivity index (χ0n) is 15.2. The second-order valence-electron chi connectivity index (χ2n) is 7.12. The molecule has 0 aromatic heterocycles. The zero-order valence-corrected chi connectivity index (χ0v) is 17.5. The fourth-order valence-corrected chi connectivity index (χ4v) is 4.53. The van der Waals surface area contributed by atoms with Gasteiger partial charge in [-0.2, -0.15) is 0 Å². The molecule has 1 aliphatic heterocycles. The Morgan fingerprint density at radius 1 is 1.03 bits per heavy atom. The molecule has 2 aromatic rings. The van der Waals surface area contributed by atoms with Crippen LogP contribution in [0.3, 0.4) is 0 Å². The average Bonchev–Trinajstić information content (AvgIpc) is 2.69. The van der Waals surface area contributed by atoms with E-state index < -0.39 is 5.97 Å². The molecule has 0 radical (unpaired) electrons. The van der Waals surface area contributed by atoms with Crippen LogP contribution in [0.1, 0.15) is 35.2 Å². The molecule has 3 unspecified atom stereocenters. The fourth-order valence-electron chi connectivity index (χ4n) is 3.81. The van der Waals surface area contributed by atoms with Gasteiger partial charge in [0, 0.05) is 22.0 Å². The maximum Gasteiger partial charge on any atom is 0.339 e. The van der Waals surface area contributed by atoms with Crippen LogP contribution in [0.2, 0.25) is 15.1 Å². The molecule has 4 nitrogen and oxygen atoms in total. The van der Waals surface area contributed by atoms with E-state index in [0.717, 1.165) is 0 Å². The maximum absolute atomic E-state index is 13.0. The smallest absolute Gasteiger partial charge is 0.339 e. The average molecular weight is 452 g/mol. The van der Waals surface area contributed by atoms with Crippen molar-refractivity contribution in [1.82, 2.24) is 0 Å². The highest BCUT2D eigenvalue weighted by atomic mass is 35.5. The highest BCUT2D eigenvalue weighted by Crippen LogP contribution is 2.39. The molecule has 0 amide bonds. The van der Waals surface area contributed by atoms with Gasteiger partial charge in [-0.3, -0.25) is 4.79 Å². The SMILES string of the molecule is O=C(OC1CCC2C(=O)C(c3ccccc3Cl)=COC2C1)c1ccc(Cl)cc1Cl. The second kappa shape index (κ2) is 8.39. The van der Waals surface area contributed by atoms with Crippen LogP contribution < -0.4 is 0 Å². The molecule has 7 heteroatoms. The van der Waals surface area contributed by atoms with E-state index in [1.807, 2.05) is 12.1 Å². The summed E-state index contributed by atoms with van der Waals surface area (Å²) >= 11 is 18.2. The first-order valence-electron chi connectivity index (χ1n) is 9.25. The van der Waals surface area contributed by atoms with Crippen molar-refractivity contribution in [1.29, 1.82) is 0 Å². The van der Waals surface area contributed by atoms with Gasteiger partial charge in [0.25, 0.3) is 0 Å². The Bertz CT molecular complexity index is 1000. The lowest BCUT2D eigenvalue weighted by Crippen LogP contribution is -2.42. The van der Waals surface area contributed by atoms with E-state index >= 15 is 0 Å². The van der Waals surface area contributed by atoms with Crippen LogP contribution in [-0.2, 0) is 14.3 Å². The largest absolute Gasteiger partial charge is 0.496 e. The lowest BCUT2D eigenvalue weighted by molar-refractivity contribution is -0.126. The lowest BCUT2D eigenvalue weighted by Gasteiger charge is -2.37. The van der Waals surface area contributed by atoms with Gasteiger partial charge in [0.05, 0.1) is 28.3 Å². The molecule has 4 rings (SSSR count). The summed E-state index contributed by atoms with van der Waals surface area (Å²) in [5, 5.41) is 1.20. The van der Waals surface area contributed by atoms with Crippen LogP contribution in [0.5, 0.6) is 0 Å². The molecule has 0 saturated heterocycles. The number of carbonyl (C=O) groups is 2. The van der Waals surface area contributed by atoms with Crippen molar-refractivity contribution in [2.45, 2.75) is 31.5 Å². The van der Waals surface area contributed by atoms with Crippen molar-refractivity contribution in [2.75, 3.05) is 0 Å². The lowest BCUT2D eigenvalue weighted by atomic mass is 9.78. The molecule has 1 fully saturated rings. The van der Waals surface area contributed by atoms with Crippen molar-refractivity contribution in [3.8, 4) is 0 Å². The van der Waals surface area contributed by atoms with Crippen LogP contribution in [0.15, 0.2) is 48.7 Å². The van der Waals surface area contributed by atoms with E-state index in [2.05, 4.69) is 0 Å². The van der Waals surface area contributed by atoms with Gasteiger partial charge in [0.1, 0.15) is 12.2 Å². The monoisotopic (exact) mass is 450 g/mol. The first-order valence-corrected chi connectivity index (χ1v) is 10.4. The Kier molecular flexibility index (Phi) is 5.86. The van der Waals surface area contributed by atoms with Crippen molar-refractivity contribution in [2.24, 2.45) is 5.92 Å². The summed E-state index contributed by atoms with van der Waals surface area (Å²) < 4.78 is 11.5. The van der Waals surface area contributed by atoms with Gasteiger partial charge in [-0.05, 0) is 37.1 Å². The second-order valence-corrected chi connectivity index (χ2v) is 8.37. The minimum atomic E-state index is -0.510. The quantitative estimate of drug-likeness (QED) is 0.539. The summed E-state index contributed by atoms with van der Waals surface area (Å²) in [6.45, 7) is 0. The van der Waals surface area contributed by atoms with E-state index in [9.17, 15) is 9.59 Å². The Morgan fingerprint density at radius 2 is 1.83 bits per heavy atom. The number of hydrogen-bond donors (Lipinski definition) is 0. The third-order valence-electron chi connectivity index (χ3n) is 5.30. The molecule has 3 atom stereocenters. The van der Waals surface area contributed by atoms with E-state index in [1.54, 1.807) is 18.2 Å². The third-order valence-corrected chi connectivity index (χ3v) is 6.17. The normalized spacial score (nSPS) is 23.6. The number of fused-ring (bicyclic) bond motifs is 1. The summed E-state index contributed by atoms with van der Waals surface area (Å²) in [5.41, 5.74) is 1.42. The highest BCUT2D eigenvalue weighted by Gasteiger charge is 2.41. The molecule has 29 heavy (non-hydrogen) atoms. The summed E-state index contributed by atoms with van der Waals surface area (Å²) in [4.78, 5) is 25.5. The highest BCUT2D eigenvalue weighted by molar-refractivity contribution is 6.36. The zero-order chi connectivity index (χ0) is 20.5. The van der Waals surface area contributed by atoms with E-state index in [4.69, 9.17) is 44.3 Å². The summed E-state index contributed by atoms with van der Waals surface area (Å²) in [6, 6.07) is 11.8. The summed E-state index contributed by atoms with van der Waals surface area (Å²) in [7, 11) is 0. The maximum atomic E-state index is 13.0. The van der Waals surface area contributed by atoms with Gasteiger partial charge >= 0.3 is 5.97 Å². The molecule has 1 heterocycles. The van der Waals surface area contributed by atoms with Crippen molar-refractivity contribution in [3.05, 3.63) is 74.9 Å². The molecule has 2 aromatic carbocycles. The number of allylic oxidation sites excluding steroid dienone is 1. The van der Waals surface area contributed by atoms with Crippen LogP contribution in [0, 0.1) is 5.92 Å². The fraction of sp³-hybridized carbons (Fsp3) is 0.273. The van der Waals surface area contributed by atoms with Gasteiger partial charge in [-0.1, -0.05) is 53.0 Å². The van der Waals surface area contributed by atoms with Crippen molar-refractivity contribution < 1.29 is 19.1 Å². The third kappa shape index (κ3) is 4.16. The Hall–Kier alpha value is -2.01. The number of halogens is 3. The molecular weight excluding hydrogens is 435 g/mol. The van der Waals surface area contributed by atoms with Crippen molar-refractivity contribution in [3.63, 3.8) is 0 Å². The topological polar surface area (TPSA) is 52.6 Å². The molecule has 1 saturated carbocycles. The van der Waals surface area contributed by atoms with E-state index in [-0.39, 0.29) is 34.5 Å². The molecular formula is C22H17Cl3O4.